The molecular formula is C16H13ClO2S. The Labute approximate surface area is 127 Å². The van der Waals surface area contributed by atoms with E-state index in [9.17, 15) is 9.90 Å². The SMILES string of the molecule is CSc1ccc(C=C(C(=O)O)c2ccccc2Cl)cc1. The summed E-state index contributed by atoms with van der Waals surface area (Å²) >= 11 is 7.71. The number of aliphatic carboxylic acids is 1. The number of carboxylic acids is 1. The third-order valence-corrected chi connectivity index (χ3v) is 3.89. The fourth-order valence-electron chi connectivity index (χ4n) is 1.80. The number of carbonyl (C=O) groups is 1. The van der Waals surface area contributed by atoms with Gasteiger partial charge >= 0.3 is 5.97 Å². The second-order valence-electron chi connectivity index (χ2n) is 4.12. The van der Waals surface area contributed by atoms with Gasteiger partial charge in [-0.1, -0.05) is 41.9 Å². The standard InChI is InChI=1S/C16H13ClO2S/c1-20-12-8-6-11(7-9-12)10-14(16(18)19)13-4-2-3-5-15(13)17/h2-10H,1H3,(H,18,19). The second kappa shape index (κ2) is 6.64. The molecule has 0 unspecified atom stereocenters. The van der Waals surface area contributed by atoms with Crippen molar-refractivity contribution < 1.29 is 9.90 Å². The van der Waals surface area contributed by atoms with Crippen molar-refractivity contribution in [2.45, 2.75) is 4.90 Å². The molecule has 20 heavy (non-hydrogen) atoms. The van der Waals surface area contributed by atoms with Crippen molar-refractivity contribution >= 4 is 41.0 Å². The molecule has 0 aromatic heterocycles. The van der Waals surface area contributed by atoms with E-state index in [-0.39, 0.29) is 5.57 Å². The Morgan fingerprint density at radius 1 is 1.15 bits per heavy atom. The molecule has 0 spiro atoms. The lowest BCUT2D eigenvalue weighted by molar-refractivity contribution is -0.130. The Hall–Kier alpha value is -1.71. The van der Waals surface area contributed by atoms with E-state index in [1.807, 2.05) is 30.5 Å². The van der Waals surface area contributed by atoms with Crippen LogP contribution in [0.15, 0.2) is 53.4 Å². The number of hydrogen-bond donors (Lipinski definition) is 1. The lowest BCUT2D eigenvalue weighted by atomic mass is 10.0. The number of hydrogen-bond acceptors (Lipinski definition) is 2. The summed E-state index contributed by atoms with van der Waals surface area (Å²) in [5.41, 5.74) is 1.54. The van der Waals surface area contributed by atoms with Crippen LogP contribution in [0, 0.1) is 0 Å². The molecule has 0 saturated carbocycles. The molecule has 2 nitrogen and oxygen atoms in total. The van der Waals surface area contributed by atoms with E-state index < -0.39 is 5.97 Å². The highest BCUT2D eigenvalue weighted by molar-refractivity contribution is 7.98. The average molecular weight is 305 g/mol. The Morgan fingerprint density at radius 2 is 1.80 bits per heavy atom. The molecule has 0 bridgehead atoms. The van der Waals surface area contributed by atoms with Crippen molar-refractivity contribution in [1.29, 1.82) is 0 Å². The second-order valence-corrected chi connectivity index (χ2v) is 5.40. The molecule has 0 amide bonds. The molecule has 0 heterocycles. The lowest BCUT2D eigenvalue weighted by Gasteiger charge is -2.06. The quantitative estimate of drug-likeness (QED) is 0.506. The third kappa shape index (κ3) is 3.44. The molecule has 0 aliphatic carbocycles. The van der Waals surface area contributed by atoms with Crippen LogP contribution < -0.4 is 0 Å². The van der Waals surface area contributed by atoms with Gasteiger partial charge in [0, 0.05) is 15.5 Å². The molecule has 1 N–H and O–H groups in total. The van der Waals surface area contributed by atoms with Gasteiger partial charge in [-0.25, -0.2) is 4.79 Å². The first-order valence-electron chi connectivity index (χ1n) is 5.96. The molecule has 0 aliphatic rings. The molecule has 2 aromatic rings. The minimum absolute atomic E-state index is 0.188. The van der Waals surface area contributed by atoms with Gasteiger partial charge in [0.25, 0.3) is 0 Å². The number of thioether (sulfide) groups is 1. The fourth-order valence-corrected chi connectivity index (χ4v) is 2.45. The van der Waals surface area contributed by atoms with Gasteiger partial charge in [-0.3, -0.25) is 0 Å². The monoisotopic (exact) mass is 304 g/mol. The van der Waals surface area contributed by atoms with E-state index in [1.165, 1.54) is 0 Å². The van der Waals surface area contributed by atoms with Crippen LogP contribution in [0.5, 0.6) is 0 Å². The Bertz CT molecular complexity index is 648. The predicted molar refractivity (Wildman–Crippen MR) is 85.2 cm³/mol. The molecule has 2 rings (SSSR count). The van der Waals surface area contributed by atoms with E-state index in [4.69, 9.17) is 11.6 Å². The summed E-state index contributed by atoms with van der Waals surface area (Å²) in [6.45, 7) is 0. The molecule has 0 atom stereocenters. The van der Waals surface area contributed by atoms with Crippen molar-refractivity contribution in [1.82, 2.24) is 0 Å². The van der Waals surface area contributed by atoms with Crippen molar-refractivity contribution in [3.8, 4) is 0 Å². The number of halogens is 1. The maximum atomic E-state index is 11.4. The van der Waals surface area contributed by atoms with Gasteiger partial charge in [-0.2, -0.15) is 0 Å². The first-order valence-corrected chi connectivity index (χ1v) is 7.56. The minimum atomic E-state index is -0.993. The predicted octanol–water partition coefficient (Wildman–Crippen LogP) is 4.69. The van der Waals surface area contributed by atoms with Crippen molar-refractivity contribution in [2.24, 2.45) is 0 Å². The van der Waals surface area contributed by atoms with Gasteiger partial charge in [0.1, 0.15) is 0 Å². The maximum absolute atomic E-state index is 11.4. The first-order chi connectivity index (χ1) is 9.61. The van der Waals surface area contributed by atoms with Gasteiger partial charge in [-0.05, 0) is 36.1 Å². The zero-order valence-electron chi connectivity index (χ0n) is 10.8. The number of benzene rings is 2. The Kier molecular flexibility index (Phi) is 4.88. The Morgan fingerprint density at radius 3 is 2.35 bits per heavy atom. The van der Waals surface area contributed by atoms with Crippen molar-refractivity contribution in [2.75, 3.05) is 6.26 Å². The summed E-state index contributed by atoms with van der Waals surface area (Å²) in [5, 5.41) is 9.81. The number of rotatable bonds is 4. The zero-order chi connectivity index (χ0) is 14.5. The van der Waals surface area contributed by atoms with Crippen molar-refractivity contribution in [3.05, 3.63) is 64.7 Å². The van der Waals surface area contributed by atoms with Crippen LogP contribution in [0.2, 0.25) is 5.02 Å². The van der Waals surface area contributed by atoms with Crippen LogP contribution in [-0.4, -0.2) is 17.3 Å². The highest BCUT2D eigenvalue weighted by Crippen LogP contribution is 2.26. The molecular weight excluding hydrogens is 292 g/mol. The topological polar surface area (TPSA) is 37.3 Å². The Balaban J connectivity index is 2.45. The van der Waals surface area contributed by atoms with E-state index >= 15 is 0 Å². The molecule has 4 heteroatoms. The summed E-state index contributed by atoms with van der Waals surface area (Å²) in [6.07, 6.45) is 3.63. The van der Waals surface area contributed by atoms with Crippen LogP contribution in [-0.2, 0) is 4.79 Å². The smallest absolute Gasteiger partial charge is 0.336 e. The van der Waals surface area contributed by atoms with Gasteiger partial charge in [-0.15, -0.1) is 11.8 Å². The summed E-state index contributed by atoms with van der Waals surface area (Å²) in [4.78, 5) is 12.6. The summed E-state index contributed by atoms with van der Waals surface area (Å²) in [7, 11) is 0. The largest absolute Gasteiger partial charge is 0.478 e. The van der Waals surface area contributed by atoms with E-state index in [0.29, 0.717) is 10.6 Å². The highest BCUT2D eigenvalue weighted by Gasteiger charge is 2.13. The van der Waals surface area contributed by atoms with Crippen LogP contribution in [0.3, 0.4) is 0 Å². The van der Waals surface area contributed by atoms with Crippen LogP contribution in [0.4, 0.5) is 0 Å². The normalized spacial score (nSPS) is 11.4. The van der Waals surface area contributed by atoms with Gasteiger partial charge in [0.2, 0.25) is 0 Å². The summed E-state index contributed by atoms with van der Waals surface area (Å²) in [6, 6.07) is 14.7. The van der Waals surface area contributed by atoms with Crippen LogP contribution >= 0.6 is 23.4 Å². The molecule has 0 fully saturated rings. The highest BCUT2D eigenvalue weighted by atomic mass is 35.5. The van der Waals surface area contributed by atoms with Gasteiger partial charge in [0.15, 0.2) is 0 Å². The van der Waals surface area contributed by atoms with E-state index in [0.717, 1.165) is 10.5 Å². The minimum Gasteiger partial charge on any atom is -0.478 e. The summed E-state index contributed by atoms with van der Waals surface area (Å²) in [5.74, 6) is -0.993. The molecule has 2 aromatic carbocycles. The van der Waals surface area contributed by atoms with Gasteiger partial charge < -0.3 is 5.11 Å². The maximum Gasteiger partial charge on any atom is 0.336 e. The van der Waals surface area contributed by atoms with Crippen LogP contribution in [0.1, 0.15) is 11.1 Å². The lowest BCUT2D eigenvalue weighted by Crippen LogP contribution is -2.00. The fraction of sp³-hybridized carbons (Fsp3) is 0.0625. The van der Waals surface area contributed by atoms with Gasteiger partial charge in [0.05, 0.1) is 5.57 Å². The van der Waals surface area contributed by atoms with E-state index in [1.54, 1.807) is 42.1 Å². The molecule has 0 radical (unpaired) electrons. The molecule has 0 aliphatic heterocycles. The van der Waals surface area contributed by atoms with Crippen LogP contribution in [0.25, 0.3) is 11.6 Å². The van der Waals surface area contributed by atoms with Crippen molar-refractivity contribution in [3.63, 3.8) is 0 Å². The first kappa shape index (κ1) is 14.7. The summed E-state index contributed by atoms with van der Waals surface area (Å²) < 4.78 is 0. The zero-order valence-corrected chi connectivity index (χ0v) is 12.4. The third-order valence-electron chi connectivity index (χ3n) is 2.82. The average Bonchev–Trinajstić information content (AvgIpc) is 2.46. The number of carboxylic acid groups (broad SMARTS) is 1. The van der Waals surface area contributed by atoms with E-state index in [2.05, 4.69) is 0 Å². The molecule has 0 saturated heterocycles. The molecule has 102 valence electrons.